The number of carbonyl (C=O) groups is 2. The summed E-state index contributed by atoms with van der Waals surface area (Å²) in [7, 11) is 0. The Morgan fingerprint density at radius 1 is 1.00 bits per heavy atom. The summed E-state index contributed by atoms with van der Waals surface area (Å²) in [5.41, 5.74) is 1.95. The second-order valence-corrected chi connectivity index (χ2v) is 7.59. The largest absolute Gasteiger partial charge is 0.379 e. The minimum absolute atomic E-state index is 0.0547. The SMILES string of the molecule is CC(C(=O)NCCN1CCOCC1)N(Cc1ccccc1)C(=O)Cc1ccccc1. The highest BCUT2D eigenvalue weighted by atomic mass is 16.5. The molecule has 1 heterocycles. The molecule has 3 rings (SSSR count). The summed E-state index contributed by atoms with van der Waals surface area (Å²) in [6, 6.07) is 18.9. The monoisotopic (exact) mass is 409 g/mol. The van der Waals surface area contributed by atoms with Gasteiger partial charge in [0.25, 0.3) is 0 Å². The normalized spacial score (nSPS) is 15.4. The fourth-order valence-corrected chi connectivity index (χ4v) is 3.54. The highest BCUT2D eigenvalue weighted by molar-refractivity contribution is 5.88. The third kappa shape index (κ3) is 6.68. The molecule has 2 aromatic rings. The van der Waals surface area contributed by atoms with Crippen LogP contribution in [0.15, 0.2) is 60.7 Å². The molecule has 1 N–H and O–H groups in total. The van der Waals surface area contributed by atoms with E-state index in [1.54, 1.807) is 11.8 Å². The van der Waals surface area contributed by atoms with Crippen LogP contribution >= 0.6 is 0 Å². The van der Waals surface area contributed by atoms with Gasteiger partial charge in [0, 0.05) is 32.7 Å². The van der Waals surface area contributed by atoms with E-state index in [1.165, 1.54) is 0 Å². The maximum Gasteiger partial charge on any atom is 0.242 e. The molecule has 6 nitrogen and oxygen atoms in total. The zero-order valence-electron chi connectivity index (χ0n) is 17.6. The molecule has 1 fully saturated rings. The van der Waals surface area contributed by atoms with Crippen molar-refractivity contribution >= 4 is 11.8 Å². The predicted octanol–water partition coefficient (Wildman–Crippen LogP) is 2.09. The van der Waals surface area contributed by atoms with E-state index >= 15 is 0 Å². The standard InChI is InChI=1S/C24H31N3O3/c1-20(24(29)25-12-13-26-14-16-30-17-15-26)27(19-22-10-6-3-7-11-22)23(28)18-21-8-4-2-5-9-21/h2-11,20H,12-19H2,1H3,(H,25,29). The van der Waals surface area contributed by atoms with Crippen LogP contribution in [-0.2, 0) is 27.3 Å². The van der Waals surface area contributed by atoms with Gasteiger partial charge in [-0.15, -0.1) is 0 Å². The average Bonchev–Trinajstić information content (AvgIpc) is 2.79. The molecule has 1 unspecified atom stereocenters. The molecule has 1 aliphatic rings. The Bertz CT molecular complexity index is 792. The first kappa shape index (κ1) is 22.0. The highest BCUT2D eigenvalue weighted by Gasteiger charge is 2.26. The minimum atomic E-state index is -0.550. The molecule has 1 atom stereocenters. The number of benzene rings is 2. The van der Waals surface area contributed by atoms with Gasteiger partial charge < -0.3 is 15.0 Å². The van der Waals surface area contributed by atoms with Crippen molar-refractivity contribution in [3.05, 3.63) is 71.8 Å². The molecular weight excluding hydrogens is 378 g/mol. The van der Waals surface area contributed by atoms with Gasteiger partial charge in [-0.3, -0.25) is 14.5 Å². The van der Waals surface area contributed by atoms with Crippen LogP contribution in [0.5, 0.6) is 0 Å². The van der Waals surface area contributed by atoms with Crippen molar-refractivity contribution in [3.8, 4) is 0 Å². The van der Waals surface area contributed by atoms with E-state index in [1.807, 2.05) is 60.7 Å². The van der Waals surface area contributed by atoms with E-state index in [-0.39, 0.29) is 18.2 Å². The molecule has 160 valence electrons. The molecule has 30 heavy (non-hydrogen) atoms. The van der Waals surface area contributed by atoms with Crippen LogP contribution in [0.1, 0.15) is 18.1 Å². The Kier molecular flexibility index (Phi) is 8.41. The third-order valence-electron chi connectivity index (χ3n) is 5.39. The lowest BCUT2D eigenvalue weighted by Crippen LogP contribution is -2.49. The third-order valence-corrected chi connectivity index (χ3v) is 5.39. The summed E-state index contributed by atoms with van der Waals surface area (Å²) in [6.07, 6.45) is 0.277. The summed E-state index contributed by atoms with van der Waals surface area (Å²) in [5, 5.41) is 3.00. The molecule has 6 heteroatoms. The quantitative estimate of drug-likeness (QED) is 0.689. The zero-order chi connectivity index (χ0) is 21.2. The van der Waals surface area contributed by atoms with Crippen LogP contribution in [0.2, 0.25) is 0 Å². The molecule has 0 bridgehead atoms. The Morgan fingerprint density at radius 2 is 1.60 bits per heavy atom. The van der Waals surface area contributed by atoms with E-state index < -0.39 is 6.04 Å². The maximum atomic E-state index is 13.1. The number of ether oxygens (including phenoxy) is 1. The Balaban J connectivity index is 1.61. The fourth-order valence-electron chi connectivity index (χ4n) is 3.54. The second-order valence-electron chi connectivity index (χ2n) is 7.59. The van der Waals surface area contributed by atoms with Crippen LogP contribution < -0.4 is 5.32 Å². The van der Waals surface area contributed by atoms with Crippen LogP contribution in [0.4, 0.5) is 0 Å². The van der Waals surface area contributed by atoms with Crippen molar-refractivity contribution in [2.75, 3.05) is 39.4 Å². The van der Waals surface area contributed by atoms with E-state index in [2.05, 4.69) is 10.2 Å². The first-order valence-electron chi connectivity index (χ1n) is 10.6. The lowest BCUT2D eigenvalue weighted by Gasteiger charge is -2.30. The van der Waals surface area contributed by atoms with Gasteiger partial charge in [-0.2, -0.15) is 0 Å². The lowest BCUT2D eigenvalue weighted by atomic mass is 10.1. The molecule has 0 spiro atoms. The van der Waals surface area contributed by atoms with Gasteiger partial charge in [0.2, 0.25) is 11.8 Å². The molecule has 0 saturated carbocycles. The van der Waals surface area contributed by atoms with Crippen LogP contribution in [-0.4, -0.2) is 67.0 Å². The van der Waals surface area contributed by atoms with E-state index in [9.17, 15) is 9.59 Å². The predicted molar refractivity (Wildman–Crippen MR) is 117 cm³/mol. The molecule has 0 radical (unpaired) electrons. The topological polar surface area (TPSA) is 61.9 Å². The summed E-state index contributed by atoms with van der Waals surface area (Å²) in [4.78, 5) is 29.9. The van der Waals surface area contributed by atoms with Gasteiger partial charge in [0.05, 0.1) is 19.6 Å². The van der Waals surface area contributed by atoms with E-state index in [0.29, 0.717) is 13.1 Å². The number of rotatable bonds is 9. The number of morpholine rings is 1. The first-order chi connectivity index (χ1) is 14.6. The Labute approximate surface area is 178 Å². The van der Waals surface area contributed by atoms with Crippen molar-refractivity contribution in [3.63, 3.8) is 0 Å². The van der Waals surface area contributed by atoms with E-state index in [4.69, 9.17) is 4.74 Å². The number of hydrogen-bond donors (Lipinski definition) is 1. The van der Waals surface area contributed by atoms with Crippen molar-refractivity contribution in [1.29, 1.82) is 0 Å². The number of hydrogen-bond acceptors (Lipinski definition) is 4. The fraction of sp³-hybridized carbons (Fsp3) is 0.417. The minimum Gasteiger partial charge on any atom is -0.379 e. The second kappa shape index (κ2) is 11.5. The molecular formula is C24H31N3O3. The molecule has 0 aromatic heterocycles. The maximum absolute atomic E-state index is 13.1. The van der Waals surface area contributed by atoms with Gasteiger partial charge in [-0.1, -0.05) is 60.7 Å². The molecule has 0 aliphatic carbocycles. The molecule has 2 aromatic carbocycles. The van der Waals surface area contributed by atoms with Crippen LogP contribution in [0.25, 0.3) is 0 Å². The average molecular weight is 410 g/mol. The number of amides is 2. The van der Waals surface area contributed by atoms with Gasteiger partial charge in [-0.25, -0.2) is 0 Å². The summed E-state index contributed by atoms with van der Waals surface area (Å²) >= 11 is 0. The highest BCUT2D eigenvalue weighted by Crippen LogP contribution is 2.12. The number of nitrogens with zero attached hydrogens (tertiary/aromatic N) is 2. The van der Waals surface area contributed by atoms with Crippen LogP contribution in [0, 0.1) is 0 Å². The van der Waals surface area contributed by atoms with Crippen molar-refractivity contribution in [2.24, 2.45) is 0 Å². The van der Waals surface area contributed by atoms with Crippen molar-refractivity contribution in [1.82, 2.24) is 15.1 Å². The van der Waals surface area contributed by atoms with E-state index in [0.717, 1.165) is 44.0 Å². The van der Waals surface area contributed by atoms with Crippen molar-refractivity contribution < 1.29 is 14.3 Å². The molecule has 1 saturated heterocycles. The van der Waals surface area contributed by atoms with Gasteiger partial charge in [0.1, 0.15) is 6.04 Å². The summed E-state index contributed by atoms with van der Waals surface area (Å²) < 4.78 is 5.36. The Hall–Kier alpha value is -2.70. The lowest BCUT2D eigenvalue weighted by molar-refractivity contribution is -0.140. The summed E-state index contributed by atoms with van der Waals surface area (Å²) in [5.74, 6) is -0.179. The first-order valence-corrected chi connectivity index (χ1v) is 10.6. The van der Waals surface area contributed by atoms with Gasteiger partial charge >= 0.3 is 0 Å². The van der Waals surface area contributed by atoms with Crippen LogP contribution in [0.3, 0.4) is 0 Å². The summed E-state index contributed by atoms with van der Waals surface area (Å²) in [6.45, 7) is 6.82. The Morgan fingerprint density at radius 3 is 2.23 bits per heavy atom. The number of carbonyl (C=O) groups excluding carboxylic acids is 2. The zero-order valence-corrected chi connectivity index (χ0v) is 17.6. The van der Waals surface area contributed by atoms with Crippen molar-refractivity contribution in [2.45, 2.75) is 25.9 Å². The smallest absolute Gasteiger partial charge is 0.242 e. The van der Waals surface area contributed by atoms with Gasteiger partial charge in [0.15, 0.2) is 0 Å². The molecule has 2 amide bonds. The number of nitrogens with one attached hydrogen (secondary N) is 1. The molecule has 1 aliphatic heterocycles. The van der Waals surface area contributed by atoms with Gasteiger partial charge in [-0.05, 0) is 18.1 Å².